The van der Waals surface area contributed by atoms with Crippen LogP contribution in [0.2, 0.25) is 5.02 Å². The number of rotatable bonds is 3. The number of non-ortho nitro benzene ring substituents is 1. The summed E-state index contributed by atoms with van der Waals surface area (Å²) in [6.45, 7) is 5.73. The number of nitrogens with one attached hydrogen (secondary N) is 1. The van der Waals surface area contributed by atoms with E-state index >= 15 is 0 Å². The average Bonchev–Trinajstić information content (AvgIpc) is 2.75. The van der Waals surface area contributed by atoms with E-state index < -0.39 is 10.8 Å². The number of benzene rings is 1. The van der Waals surface area contributed by atoms with Crippen molar-refractivity contribution in [3.05, 3.63) is 50.7 Å². The molecule has 3 N–H and O–H groups in total. The van der Waals surface area contributed by atoms with Gasteiger partial charge < -0.3 is 11.2 Å². The van der Waals surface area contributed by atoms with E-state index in [0.717, 1.165) is 4.79 Å². The molecule has 1 aromatic heterocycles. The Morgan fingerprint density at radius 3 is 2.61 bits per heavy atom. The molecule has 0 bridgehead atoms. The fourth-order valence-electron chi connectivity index (χ4n) is 1.95. The van der Waals surface area contributed by atoms with Crippen LogP contribution in [-0.4, -0.2) is 20.7 Å². The number of nitrogens with zero attached hydrogens (tertiary/aromatic N) is 3. The van der Waals surface area contributed by atoms with Crippen LogP contribution in [0.5, 0.6) is 0 Å². The zero-order chi connectivity index (χ0) is 17.4. The highest BCUT2D eigenvalue weighted by Gasteiger charge is 2.26. The van der Waals surface area contributed by atoms with E-state index in [1.165, 1.54) is 24.3 Å². The van der Waals surface area contributed by atoms with Gasteiger partial charge in [-0.05, 0) is 6.07 Å². The van der Waals surface area contributed by atoms with E-state index in [9.17, 15) is 14.9 Å². The average molecular weight is 338 g/mol. The number of nitrogens with two attached hydrogens (primary N) is 1. The summed E-state index contributed by atoms with van der Waals surface area (Å²) in [7, 11) is 0. The van der Waals surface area contributed by atoms with Gasteiger partial charge in [-0.25, -0.2) is 0 Å². The number of amides is 1. The first-order chi connectivity index (χ1) is 10.6. The maximum Gasteiger partial charge on any atom is 0.270 e. The maximum absolute atomic E-state index is 12.3. The number of hydrogen-bond donors (Lipinski definition) is 2. The Balaban J connectivity index is 2.33. The molecule has 23 heavy (non-hydrogen) atoms. The number of hydrogen-bond acceptors (Lipinski definition) is 5. The van der Waals surface area contributed by atoms with Crippen molar-refractivity contribution in [2.75, 3.05) is 11.2 Å². The summed E-state index contributed by atoms with van der Waals surface area (Å²) in [4.78, 5) is 23.4. The highest BCUT2D eigenvalue weighted by Crippen LogP contribution is 2.33. The third-order valence-corrected chi connectivity index (χ3v) is 3.47. The molecule has 122 valence electrons. The summed E-state index contributed by atoms with van der Waals surface area (Å²) in [6.07, 6.45) is 0. The number of carbonyl (C=O) groups excluding carboxylic acids is 1. The second-order valence-electron chi connectivity index (χ2n) is 5.97. The van der Waals surface area contributed by atoms with E-state index in [1.807, 2.05) is 20.8 Å². The first-order valence-corrected chi connectivity index (χ1v) is 7.09. The lowest BCUT2D eigenvalue weighted by atomic mass is 9.92. The fourth-order valence-corrected chi connectivity index (χ4v) is 2.40. The van der Waals surface area contributed by atoms with Crippen molar-refractivity contribution in [1.29, 1.82) is 0 Å². The van der Waals surface area contributed by atoms with E-state index in [4.69, 9.17) is 17.4 Å². The lowest BCUT2D eigenvalue weighted by Crippen LogP contribution is -2.20. The van der Waals surface area contributed by atoms with E-state index in [2.05, 4.69) is 10.4 Å². The molecule has 0 atom stereocenters. The number of nitro benzene ring substituents is 1. The number of halogens is 1. The molecule has 0 radical (unpaired) electrons. The Kier molecular flexibility index (Phi) is 4.28. The van der Waals surface area contributed by atoms with Crippen LogP contribution < -0.4 is 11.2 Å². The van der Waals surface area contributed by atoms with E-state index in [-0.39, 0.29) is 27.5 Å². The summed E-state index contributed by atoms with van der Waals surface area (Å²) in [5, 5.41) is 17.7. The van der Waals surface area contributed by atoms with Gasteiger partial charge in [0.1, 0.15) is 5.02 Å². The summed E-state index contributed by atoms with van der Waals surface area (Å²) in [5.74, 6) is 5.31. The number of nitrogen functional groups attached to an aromatic ring is 1. The van der Waals surface area contributed by atoms with Gasteiger partial charge in [0, 0.05) is 23.1 Å². The van der Waals surface area contributed by atoms with Crippen LogP contribution in [0, 0.1) is 10.1 Å². The zero-order valence-corrected chi connectivity index (χ0v) is 13.6. The van der Waals surface area contributed by atoms with Crippen LogP contribution in [0.3, 0.4) is 0 Å². The summed E-state index contributed by atoms with van der Waals surface area (Å²) in [5.41, 5.74) is 0.123. The third-order valence-electron chi connectivity index (χ3n) is 3.11. The molecule has 0 unspecified atom stereocenters. The van der Waals surface area contributed by atoms with Gasteiger partial charge in [-0.3, -0.25) is 14.9 Å². The first kappa shape index (κ1) is 16.8. The Hall–Kier alpha value is -2.61. The molecule has 1 aromatic carbocycles. The minimum Gasteiger partial charge on any atom is -0.321 e. The molecular weight excluding hydrogens is 322 g/mol. The van der Waals surface area contributed by atoms with Crippen molar-refractivity contribution in [3.8, 4) is 0 Å². The molecule has 0 aliphatic carbocycles. The standard InChI is InChI=1S/C14H16ClN5O3/c1-14(2,3)11-10(15)12(19(16)18-11)17-13(21)8-5-4-6-9(7-8)20(22)23/h4-7H,16H2,1-3H3,(H,17,21). The minimum atomic E-state index is -0.575. The molecule has 0 aliphatic rings. The van der Waals surface area contributed by atoms with Gasteiger partial charge in [0.2, 0.25) is 0 Å². The van der Waals surface area contributed by atoms with Crippen molar-refractivity contribution < 1.29 is 9.72 Å². The molecule has 1 amide bonds. The van der Waals surface area contributed by atoms with Crippen LogP contribution >= 0.6 is 11.6 Å². The van der Waals surface area contributed by atoms with Gasteiger partial charge in [-0.2, -0.15) is 9.89 Å². The van der Waals surface area contributed by atoms with Crippen LogP contribution in [0.4, 0.5) is 11.5 Å². The van der Waals surface area contributed by atoms with Crippen molar-refractivity contribution in [2.45, 2.75) is 26.2 Å². The van der Waals surface area contributed by atoms with Crippen molar-refractivity contribution in [3.63, 3.8) is 0 Å². The van der Waals surface area contributed by atoms with E-state index in [1.54, 1.807) is 0 Å². The molecule has 2 rings (SSSR count). The van der Waals surface area contributed by atoms with Gasteiger partial charge in [0.15, 0.2) is 5.82 Å². The molecule has 0 saturated carbocycles. The van der Waals surface area contributed by atoms with Crippen LogP contribution in [-0.2, 0) is 5.41 Å². The van der Waals surface area contributed by atoms with Gasteiger partial charge in [0.05, 0.1) is 10.6 Å². The monoisotopic (exact) mass is 337 g/mol. The molecule has 9 heteroatoms. The maximum atomic E-state index is 12.3. The first-order valence-electron chi connectivity index (χ1n) is 6.71. The minimum absolute atomic E-state index is 0.119. The SMILES string of the molecule is CC(C)(C)c1nn(N)c(NC(=O)c2cccc([N+](=O)[O-])c2)c1Cl. The topological polar surface area (TPSA) is 116 Å². The zero-order valence-electron chi connectivity index (χ0n) is 12.8. The van der Waals surface area contributed by atoms with Crippen LogP contribution in [0.25, 0.3) is 0 Å². The predicted molar refractivity (Wildman–Crippen MR) is 87.1 cm³/mol. The van der Waals surface area contributed by atoms with E-state index in [0.29, 0.717) is 5.69 Å². The molecule has 0 aliphatic heterocycles. The highest BCUT2D eigenvalue weighted by atomic mass is 35.5. The fraction of sp³-hybridized carbons (Fsp3) is 0.286. The predicted octanol–water partition coefficient (Wildman–Crippen LogP) is 2.71. The summed E-state index contributed by atoms with van der Waals surface area (Å²) in [6, 6.07) is 5.35. The molecule has 1 heterocycles. The second kappa shape index (κ2) is 5.88. The van der Waals surface area contributed by atoms with Crippen molar-refractivity contribution in [2.24, 2.45) is 0 Å². The van der Waals surface area contributed by atoms with Crippen LogP contribution in [0.15, 0.2) is 24.3 Å². The van der Waals surface area contributed by atoms with Gasteiger partial charge in [0.25, 0.3) is 11.6 Å². The second-order valence-corrected chi connectivity index (χ2v) is 6.35. The van der Waals surface area contributed by atoms with Gasteiger partial charge in [-0.15, -0.1) is 0 Å². The molecule has 0 saturated heterocycles. The van der Waals surface area contributed by atoms with Crippen molar-refractivity contribution in [1.82, 2.24) is 9.89 Å². The normalized spacial score (nSPS) is 11.3. The molecule has 8 nitrogen and oxygen atoms in total. The largest absolute Gasteiger partial charge is 0.321 e. The lowest BCUT2D eigenvalue weighted by Gasteiger charge is -2.15. The summed E-state index contributed by atoms with van der Waals surface area (Å²) >= 11 is 6.24. The Morgan fingerprint density at radius 2 is 2.09 bits per heavy atom. The van der Waals surface area contributed by atoms with Crippen LogP contribution in [0.1, 0.15) is 36.8 Å². The third kappa shape index (κ3) is 3.42. The number of carbonyl (C=O) groups is 1. The molecule has 0 fully saturated rings. The molecule has 2 aromatic rings. The van der Waals surface area contributed by atoms with Gasteiger partial charge >= 0.3 is 0 Å². The highest BCUT2D eigenvalue weighted by molar-refractivity contribution is 6.34. The quantitative estimate of drug-likeness (QED) is 0.507. The number of nitro groups is 1. The number of anilines is 1. The van der Waals surface area contributed by atoms with Gasteiger partial charge in [-0.1, -0.05) is 38.4 Å². The summed E-state index contributed by atoms with van der Waals surface area (Å²) < 4.78 is 0. The molecule has 0 spiro atoms. The Labute approximate surface area is 137 Å². The smallest absolute Gasteiger partial charge is 0.270 e. The lowest BCUT2D eigenvalue weighted by molar-refractivity contribution is -0.384. The van der Waals surface area contributed by atoms with Crippen molar-refractivity contribution >= 4 is 29.0 Å². The Bertz CT molecular complexity index is 779. The molecular formula is C14H16ClN5O3. The Morgan fingerprint density at radius 1 is 1.43 bits per heavy atom. The number of aromatic nitrogens is 2.